The van der Waals surface area contributed by atoms with Crippen LogP contribution >= 0.6 is 0 Å². The molecule has 40 heavy (non-hydrogen) atoms. The molecular formula is C33H48O7. The molecule has 0 saturated heterocycles. The van der Waals surface area contributed by atoms with Crippen molar-refractivity contribution in [2.45, 2.75) is 80.1 Å². The van der Waals surface area contributed by atoms with Crippen molar-refractivity contribution in [2.75, 3.05) is 39.6 Å². The molecule has 0 spiro atoms. The average molecular weight is 557 g/mol. The van der Waals surface area contributed by atoms with Gasteiger partial charge in [0.2, 0.25) is 0 Å². The SMILES string of the molecule is CCCOc1ccc(OCCC)c(/C=C/C(=O)c2c(OCCC)c(OCCC)cc(OCCC)c2OCCC)c1. The molecule has 0 aromatic heterocycles. The van der Waals surface area contributed by atoms with Gasteiger partial charge < -0.3 is 28.4 Å². The molecule has 7 heteroatoms. The molecule has 0 N–H and O–H groups in total. The third-order valence-corrected chi connectivity index (χ3v) is 5.56. The van der Waals surface area contributed by atoms with E-state index in [2.05, 4.69) is 13.8 Å². The van der Waals surface area contributed by atoms with Crippen molar-refractivity contribution >= 4 is 11.9 Å². The predicted molar refractivity (Wildman–Crippen MR) is 161 cm³/mol. The molecule has 7 nitrogen and oxygen atoms in total. The summed E-state index contributed by atoms with van der Waals surface area (Å²) in [6, 6.07) is 7.45. The zero-order valence-corrected chi connectivity index (χ0v) is 25.3. The summed E-state index contributed by atoms with van der Waals surface area (Å²) < 4.78 is 36.2. The molecule has 0 unspecified atom stereocenters. The van der Waals surface area contributed by atoms with E-state index < -0.39 is 0 Å². The zero-order valence-electron chi connectivity index (χ0n) is 25.3. The van der Waals surface area contributed by atoms with Crippen LogP contribution < -0.4 is 28.4 Å². The molecule has 222 valence electrons. The van der Waals surface area contributed by atoms with E-state index in [1.807, 2.05) is 45.9 Å². The fourth-order valence-electron chi connectivity index (χ4n) is 3.72. The molecular weight excluding hydrogens is 508 g/mol. The maximum absolute atomic E-state index is 14.0. The molecule has 0 fully saturated rings. The van der Waals surface area contributed by atoms with Crippen molar-refractivity contribution in [3.05, 3.63) is 41.5 Å². The quantitative estimate of drug-likeness (QED) is 0.113. The van der Waals surface area contributed by atoms with Crippen molar-refractivity contribution in [2.24, 2.45) is 0 Å². The van der Waals surface area contributed by atoms with Crippen LogP contribution in [0.4, 0.5) is 0 Å². The number of hydrogen-bond acceptors (Lipinski definition) is 7. The summed E-state index contributed by atoms with van der Waals surface area (Å²) in [5.74, 6) is 2.84. The number of carbonyl (C=O) groups excluding carboxylic acids is 1. The lowest BCUT2D eigenvalue weighted by molar-refractivity contribution is 0.103. The second kappa shape index (κ2) is 18.9. The largest absolute Gasteiger partial charge is 0.494 e. The number of ketones is 1. The number of rotatable bonds is 21. The standard InChI is InChI=1S/C33H48O7/c1-7-17-35-26-14-16-28(36-18-8-2)25(23-26)13-15-27(34)31-32(39-21-11-5)29(37-19-9-3)24-30(38-20-10-4)33(31)40-22-12-6/h13-16,23-24H,7-12,17-22H2,1-6H3/b15-13+. The Morgan fingerprint density at radius 1 is 0.575 bits per heavy atom. The molecule has 0 aliphatic carbocycles. The van der Waals surface area contributed by atoms with Gasteiger partial charge in [0, 0.05) is 11.6 Å². The van der Waals surface area contributed by atoms with Gasteiger partial charge in [-0.2, -0.15) is 0 Å². The van der Waals surface area contributed by atoms with E-state index in [9.17, 15) is 4.79 Å². The maximum atomic E-state index is 14.0. The Hall–Kier alpha value is -3.35. The van der Waals surface area contributed by atoms with Gasteiger partial charge in [0.25, 0.3) is 0 Å². The third kappa shape index (κ3) is 10.00. The lowest BCUT2D eigenvalue weighted by Gasteiger charge is -2.21. The summed E-state index contributed by atoms with van der Waals surface area (Å²) in [5, 5.41) is 0. The Balaban J connectivity index is 2.66. The van der Waals surface area contributed by atoms with Gasteiger partial charge in [0.15, 0.2) is 28.8 Å². The minimum absolute atomic E-state index is 0.276. The molecule has 2 aromatic carbocycles. The highest BCUT2D eigenvalue weighted by molar-refractivity contribution is 6.11. The Labute approximate surface area is 240 Å². The lowest BCUT2D eigenvalue weighted by Crippen LogP contribution is -2.12. The van der Waals surface area contributed by atoms with E-state index in [0.717, 1.165) is 49.8 Å². The van der Waals surface area contributed by atoms with Gasteiger partial charge in [-0.3, -0.25) is 4.79 Å². The first-order chi connectivity index (χ1) is 19.5. The predicted octanol–water partition coefficient (Wildman–Crippen LogP) is 8.32. The number of hydrogen-bond donors (Lipinski definition) is 0. The molecule has 0 atom stereocenters. The molecule has 2 aromatic rings. The number of allylic oxidation sites excluding steroid dienone is 1. The van der Waals surface area contributed by atoms with Crippen molar-refractivity contribution in [1.82, 2.24) is 0 Å². The average Bonchev–Trinajstić information content (AvgIpc) is 2.97. The van der Waals surface area contributed by atoms with Crippen molar-refractivity contribution in [1.29, 1.82) is 0 Å². The Morgan fingerprint density at radius 3 is 1.52 bits per heavy atom. The van der Waals surface area contributed by atoms with Crippen LogP contribution in [0.2, 0.25) is 0 Å². The van der Waals surface area contributed by atoms with Crippen LogP contribution in [0.25, 0.3) is 6.08 Å². The van der Waals surface area contributed by atoms with Gasteiger partial charge in [0.1, 0.15) is 17.1 Å². The molecule has 0 heterocycles. The first kappa shape index (κ1) is 32.9. The molecule has 0 radical (unpaired) electrons. The summed E-state index contributed by atoms with van der Waals surface area (Å²) in [4.78, 5) is 14.0. The van der Waals surface area contributed by atoms with Gasteiger partial charge in [0.05, 0.1) is 39.6 Å². The summed E-state index contributed by atoms with van der Waals surface area (Å²) in [7, 11) is 0. The Morgan fingerprint density at radius 2 is 1.02 bits per heavy atom. The molecule has 0 aliphatic rings. The molecule has 0 amide bonds. The minimum Gasteiger partial charge on any atom is -0.494 e. The van der Waals surface area contributed by atoms with Crippen LogP contribution in [0, 0.1) is 0 Å². The smallest absolute Gasteiger partial charge is 0.193 e. The van der Waals surface area contributed by atoms with Gasteiger partial charge in [-0.25, -0.2) is 0 Å². The first-order valence-corrected chi connectivity index (χ1v) is 14.9. The van der Waals surface area contributed by atoms with Crippen LogP contribution in [-0.4, -0.2) is 45.4 Å². The fourth-order valence-corrected chi connectivity index (χ4v) is 3.72. The second-order valence-electron chi connectivity index (χ2n) is 9.39. The fraction of sp³-hybridized carbons (Fsp3) is 0.545. The van der Waals surface area contributed by atoms with E-state index >= 15 is 0 Å². The van der Waals surface area contributed by atoms with E-state index in [1.54, 1.807) is 12.1 Å². The van der Waals surface area contributed by atoms with Crippen molar-refractivity contribution in [3.8, 4) is 34.5 Å². The van der Waals surface area contributed by atoms with E-state index in [-0.39, 0.29) is 5.78 Å². The highest BCUT2D eigenvalue weighted by atomic mass is 16.5. The number of ether oxygens (including phenoxy) is 6. The summed E-state index contributed by atoms with van der Waals surface area (Å²) in [6.45, 7) is 15.2. The maximum Gasteiger partial charge on any atom is 0.193 e. The number of benzene rings is 2. The van der Waals surface area contributed by atoms with Gasteiger partial charge in [-0.15, -0.1) is 0 Å². The summed E-state index contributed by atoms with van der Waals surface area (Å²) in [5.41, 5.74) is 1.05. The lowest BCUT2D eigenvalue weighted by atomic mass is 10.0. The topological polar surface area (TPSA) is 72.5 Å². The van der Waals surface area contributed by atoms with Crippen molar-refractivity contribution < 1.29 is 33.2 Å². The normalized spacial score (nSPS) is 10.9. The number of carbonyl (C=O) groups is 1. The van der Waals surface area contributed by atoms with E-state index in [4.69, 9.17) is 28.4 Å². The van der Waals surface area contributed by atoms with E-state index in [1.165, 1.54) is 6.08 Å². The molecule has 0 saturated carbocycles. The third-order valence-electron chi connectivity index (χ3n) is 5.56. The van der Waals surface area contributed by atoms with Crippen LogP contribution in [0.3, 0.4) is 0 Å². The monoisotopic (exact) mass is 556 g/mol. The summed E-state index contributed by atoms with van der Waals surface area (Å²) in [6.07, 6.45) is 8.23. The zero-order chi connectivity index (χ0) is 29.2. The highest BCUT2D eigenvalue weighted by Crippen LogP contribution is 2.46. The molecule has 0 aliphatic heterocycles. The first-order valence-electron chi connectivity index (χ1n) is 14.9. The van der Waals surface area contributed by atoms with Crippen LogP contribution in [0.5, 0.6) is 34.5 Å². The van der Waals surface area contributed by atoms with E-state index in [0.29, 0.717) is 74.0 Å². The highest BCUT2D eigenvalue weighted by Gasteiger charge is 2.27. The van der Waals surface area contributed by atoms with Crippen LogP contribution in [0.15, 0.2) is 30.3 Å². The van der Waals surface area contributed by atoms with Crippen LogP contribution in [-0.2, 0) is 0 Å². The van der Waals surface area contributed by atoms with Crippen LogP contribution in [0.1, 0.15) is 96.0 Å². The molecule has 2 rings (SSSR count). The van der Waals surface area contributed by atoms with Gasteiger partial charge >= 0.3 is 0 Å². The van der Waals surface area contributed by atoms with Gasteiger partial charge in [-0.05, 0) is 68.9 Å². The Bertz CT molecular complexity index is 1020. The van der Waals surface area contributed by atoms with Crippen molar-refractivity contribution in [3.63, 3.8) is 0 Å². The summed E-state index contributed by atoms with van der Waals surface area (Å²) >= 11 is 0. The van der Waals surface area contributed by atoms with Gasteiger partial charge in [-0.1, -0.05) is 41.5 Å². The minimum atomic E-state index is -0.276. The second-order valence-corrected chi connectivity index (χ2v) is 9.39. The Kier molecular flexibility index (Phi) is 15.5. The molecule has 0 bridgehead atoms.